The van der Waals surface area contributed by atoms with E-state index in [1.54, 1.807) is 13.8 Å². The van der Waals surface area contributed by atoms with Crippen molar-refractivity contribution in [2.24, 2.45) is 0 Å². The van der Waals surface area contributed by atoms with Crippen molar-refractivity contribution in [1.29, 1.82) is 0 Å². The van der Waals surface area contributed by atoms with Gasteiger partial charge in [0.25, 0.3) is 6.47 Å². The molecule has 2 atom stereocenters. The third kappa shape index (κ3) is 9.12. The van der Waals surface area contributed by atoms with E-state index in [4.69, 9.17) is 20.6 Å². The summed E-state index contributed by atoms with van der Waals surface area (Å²) in [4.78, 5) is 9.76. The normalized spacial score (nSPS) is 20.0. The van der Waals surface area contributed by atoms with E-state index in [1.165, 1.54) is 0 Å². The van der Waals surface area contributed by atoms with Crippen molar-refractivity contribution < 1.29 is 23.1 Å². The molecule has 1 aliphatic heterocycles. The summed E-state index contributed by atoms with van der Waals surface area (Å²) in [6.07, 6.45) is 0.845. The average Bonchev–Trinajstić information content (AvgIpc) is 2.64. The van der Waals surface area contributed by atoms with Crippen LogP contribution in [0.25, 0.3) is 0 Å². The van der Waals surface area contributed by atoms with Gasteiger partial charge in [-0.25, -0.2) is 9.65 Å². The number of nitrogens with one attached hydrogen (secondary N) is 2. The summed E-state index contributed by atoms with van der Waals surface area (Å²) in [6.45, 7) is 6.64. The first-order valence-corrected chi connectivity index (χ1v) is 10.6. The van der Waals surface area contributed by atoms with Crippen LogP contribution in [0.5, 0.6) is 0 Å². The van der Waals surface area contributed by atoms with Crippen LogP contribution >= 0.6 is 19.3 Å². The van der Waals surface area contributed by atoms with Crippen molar-refractivity contribution in [2.75, 3.05) is 26.3 Å². The van der Waals surface area contributed by atoms with Gasteiger partial charge in [0.1, 0.15) is 6.61 Å². The Morgan fingerprint density at radius 3 is 2.46 bits per heavy atom. The van der Waals surface area contributed by atoms with Gasteiger partial charge in [-0.3, -0.25) is 13.8 Å². The molecule has 1 heterocycles. The van der Waals surface area contributed by atoms with Crippen LogP contribution in [-0.2, 0) is 29.8 Å². The molecular formula is C17H28ClN2O5P. The number of benzene rings is 1. The Morgan fingerprint density at radius 2 is 1.92 bits per heavy atom. The summed E-state index contributed by atoms with van der Waals surface area (Å²) in [5, 5.41) is 6.05. The van der Waals surface area contributed by atoms with E-state index in [9.17, 15) is 9.36 Å². The lowest BCUT2D eigenvalue weighted by molar-refractivity contribution is -0.129. The third-order valence-corrected chi connectivity index (χ3v) is 5.85. The second kappa shape index (κ2) is 13.3. The van der Waals surface area contributed by atoms with Crippen LogP contribution in [0, 0.1) is 0 Å². The van der Waals surface area contributed by atoms with Gasteiger partial charge in [0, 0.05) is 12.6 Å². The number of ether oxygens (including phenoxy) is 1. The zero-order chi connectivity index (χ0) is 19.3. The first kappa shape index (κ1) is 23.1. The molecule has 1 aliphatic rings. The number of alkyl halides is 1. The summed E-state index contributed by atoms with van der Waals surface area (Å²) in [5.74, 6) is 0. The molecule has 2 unspecified atom stereocenters. The Kier molecular flexibility index (Phi) is 11.8. The molecule has 148 valence electrons. The summed E-state index contributed by atoms with van der Waals surface area (Å²) in [7, 11) is -3.20. The minimum absolute atomic E-state index is 0.0458. The van der Waals surface area contributed by atoms with Gasteiger partial charge < -0.3 is 10.1 Å². The average molecular weight is 407 g/mol. The highest BCUT2D eigenvalue weighted by molar-refractivity contribution is 7.51. The maximum Gasteiger partial charge on any atom is 0.405 e. The minimum Gasteiger partial charge on any atom is -0.463 e. The maximum absolute atomic E-state index is 12.2. The molecule has 1 fully saturated rings. The first-order valence-electron chi connectivity index (χ1n) is 8.65. The van der Waals surface area contributed by atoms with Gasteiger partial charge in [-0.2, -0.15) is 0 Å². The van der Waals surface area contributed by atoms with Gasteiger partial charge in [0.15, 0.2) is 0 Å². The molecule has 0 saturated carbocycles. The van der Waals surface area contributed by atoms with Crippen molar-refractivity contribution in [3.8, 4) is 0 Å². The summed E-state index contributed by atoms with van der Waals surface area (Å²) in [5.41, 5.74) is 1.01. The number of piperidine rings is 1. The lowest BCUT2D eigenvalue weighted by atomic mass is 10.1. The molecule has 26 heavy (non-hydrogen) atoms. The van der Waals surface area contributed by atoms with E-state index >= 15 is 0 Å². The molecule has 0 bridgehead atoms. The van der Waals surface area contributed by atoms with Gasteiger partial charge in [0.2, 0.25) is 0 Å². The smallest absolute Gasteiger partial charge is 0.405 e. The number of rotatable bonds is 9. The van der Waals surface area contributed by atoms with Crippen LogP contribution in [0.2, 0.25) is 0 Å². The molecule has 0 spiro atoms. The summed E-state index contributed by atoms with van der Waals surface area (Å²) in [6, 6.07) is 9.46. The third-order valence-electron chi connectivity index (χ3n) is 3.48. The fraction of sp³-hybridized carbons (Fsp3) is 0.588. The van der Waals surface area contributed by atoms with Crippen LogP contribution in [0.15, 0.2) is 30.3 Å². The molecule has 9 heteroatoms. The number of hydrogen-bond acceptors (Lipinski definition) is 6. The lowest BCUT2D eigenvalue weighted by Crippen LogP contribution is -2.49. The number of hydrogen-bond donors (Lipinski definition) is 2. The first-order chi connectivity index (χ1) is 12.5. The molecule has 2 rings (SSSR count). The fourth-order valence-electron chi connectivity index (χ4n) is 2.31. The van der Waals surface area contributed by atoms with Crippen molar-refractivity contribution in [3.05, 3.63) is 35.9 Å². The summed E-state index contributed by atoms with van der Waals surface area (Å²) < 4.78 is 27.0. The van der Waals surface area contributed by atoms with Gasteiger partial charge >= 0.3 is 7.75 Å². The Bertz CT molecular complexity index is 539. The monoisotopic (exact) mass is 406 g/mol. The lowest BCUT2D eigenvalue weighted by Gasteiger charge is -2.31. The second-order valence-electron chi connectivity index (χ2n) is 5.47. The van der Waals surface area contributed by atoms with E-state index in [-0.39, 0.29) is 11.4 Å². The predicted molar refractivity (Wildman–Crippen MR) is 102 cm³/mol. The molecule has 7 nitrogen and oxygen atoms in total. The molecule has 1 aromatic carbocycles. The van der Waals surface area contributed by atoms with Crippen LogP contribution in [-0.4, -0.2) is 44.2 Å². The standard InChI is InChI=1S/C9H20ClN2O3P.C8H8O2/c1-3-14-16(13,15-4-2)12-9-7-11-6-5-8(9)10;9-7-10-6-8-4-2-1-3-5-8/h8-9,11H,3-7H2,1-2H3,(H,12,13);1-5,7H,6H2. The van der Waals surface area contributed by atoms with Gasteiger partial charge in [-0.15, -0.1) is 11.6 Å². The molecule has 0 aliphatic carbocycles. The van der Waals surface area contributed by atoms with Gasteiger partial charge in [0.05, 0.1) is 18.6 Å². The summed E-state index contributed by atoms with van der Waals surface area (Å²) >= 11 is 6.15. The molecule has 0 amide bonds. The molecule has 0 radical (unpaired) electrons. The molecule has 1 saturated heterocycles. The number of carbonyl (C=O) groups is 1. The predicted octanol–water partition coefficient (Wildman–Crippen LogP) is 3.09. The van der Waals surface area contributed by atoms with Crippen LogP contribution in [0.3, 0.4) is 0 Å². The Labute approximate surface area is 160 Å². The van der Waals surface area contributed by atoms with Gasteiger partial charge in [-0.05, 0) is 32.4 Å². The Hall–Kier alpha value is -0.950. The van der Waals surface area contributed by atoms with Crippen molar-refractivity contribution in [1.82, 2.24) is 10.4 Å². The SMILES string of the molecule is CCOP(=O)(NC1CNCCC1Cl)OCC.O=COCc1ccccc1. The Morgan fingerprint density at radius 1 is 1.27 bits per heavy atom. The van der Waals surface area contributed by atoms with E-state index in [1.807, 2.05) is 30.3 Å². The second-order valence-corrected chi connectivity index (χ2v) is 7.80. The quantitative estimate of drug-likeness (QED) is 0.370. The van der Waals surface area contributed by atoms with Crippen LogP contribution in [0.1, 0.15) is 25.8 Å². The van der Waals surface area contributed by atoms with Crippen molar-refractivity contribution in [2.45, 2.75) is 38.3 Å². The number of halogens is 1. The zero-order valence-electron chi connectivity index (χ0n) is 15.2. The van der Waals surface area contributed by atoms with E-state index < -0.39 is 7.75 Å². The number of carbonyl (C=O) groups excluding carboxylic acids is 1. The highest BCUT2D eigenvalue weighted by Gasteiger charge is 2.32. The van der Waals surface area contributed by atoms with Crippen molar-refractivity contribution in [3.63, 3.8) is 0 Å². The van der Waals surface area contributed by atoms with E-state index in [0.717, 1.165) is 18.5 Å². The topological polar surface area (TPSA) is 85.9 Å². The zero-order valence-corrected chi connectivity index (χ0v) is 16.9. The molecule has 0 aromatic heterocycles. The van der Waals surface area contributed by atoms with Crippen LogP contribution < -0.4 is 10.4 Å². The molecular weight excluding hydrogens is 379 g/mol. The highest BCUT2D eigenvalue weighted by Crippen LogP contribution is 2.44. The van der Waals surface area contributed by atoms with Crippen LogP contribution in [0.4, 0.5) is 0 Å². The van der Waals surface area contributed by atoms with E-state index in [0.29, 0.717) is 32.8 Å². The molecule has 1 aromatic rings. The van der Waals surface area contributed by atoms with E-state index in [2.05, 4.69) is 15.1 Å². The van der Waals surface area contributed by atoms with Gasteiger partial charge in [-0.1, -0.05) is 30.3 Å². The maximum atomic E-state index is 12.2. The molecule has 2 N–H and O–H groups in total. The van der Waals surface area contributed by atoms with Crippen molar-refractivity contribution >= 4 is 25.8 Å². The minimum atomic E-state index is -3.20. The largest absolute Gasteiger partial charge is 0.463 e. The highest BCUT2D eigenvalue weighted by atomic mass is 35.5. The fourth-order valence-corrected chi connectivity index (χ4v) is 4.24. The Balaban J connectivity index is 0.000000289.